The number of furan rings is 2. The number of carbonyl (C=O) groups excluding carboxylic acids is 1. The summed E-state index contributed by atoms with van der Waals surface area (Å²) in [6, 6.07) is 5.12. The van der Waals surface area contributed by atoms with Crippen molar-refractivity contribution in [3.05, 3.63) is 52.7 Å². The Morgan fingerprint density at radius 3 is 2.45 bits per heavy atom. The van der Waals surface area contributed by atoms with Crippen LogP contribution in [0.3, 0.4) is 0 Å². The standard InChI is InChI=1S/C25H32N2O5S/c1-16-14-21-19(4)22(25(28)27-11-7-5-6-8-12-27)32-23(21)24(18(16)3)33(29,30)26-17(2)15-20-10-9-13-31-20/h9-10,13-14,17,26H,5-8,11-12,15H2,1-4H3. The molecule has 1 amide bonds. The lowest BCUT2D eigenvalue weighted by atomic mass is 10.0. The van der Waals surface area contributed by atoms with Crippen LogP contribution in [0.4, 0.5) is 0 Å². The van der Waals surface area contributed by atoms with Crippen LogP contribution in [-0.4, -0.2) is 38.4 Å². The van der Waals surface area contributed by atoms with E-state index in [9.17, 15) is 13.2 Å². The molecule has 33 heavy (non-hydrogen) atoms. The van der Waals surface area contributed by atoms with Crippen molar-refractivity contribution in [1.29, 1.82) is 0 Å². The van der Waals surface area contributed by atoms with Crippen LogP contribution in [0.25, 0.3) is 11.0 Å². The number of nitrogens with zero attached hydrogens (tertiary/aromatic N) is 1. The Morgan fingerprint density at radius 2 is 1.82 bits per heavy atom. The van der Waals surface area contributed by atoms with Crippen LogP contribution in [0.1, 0.15) is 65.6 Å². The molecule has 1 aromatic carbocycles. The number of hydrogen-bond donors (Lipinski definition) is 1. The van der Waals surface area contributed by atoms with Gasteiger partial charge < -0.3 is 13.7 Å². The highest BCUT2D eigenvalue weighted by molar-refractivity contribution is 7.89. The molecule has 2 aromatic heterocycles. The molecule has 1 aliphatic rings. The van der Waals surface area contributed by atoms with Crippen molar-refractivity contribution in [2.24, 2.45) is 0 Å². The normalized spacial score (nSPS) is 16.2. The highest BCUT2D eigenvalue weighted by atomic mass is 32.2. The van der Waals surface area contributed by atoms with Crippen LogP contribution in [0, 0.1) is 20.8 Å². The van der Waals surface area contributed by atoms with Gasteiger partial charge in [0.05, 0.1) is 6.26 Å². The third-order valence-electron chi connectivity index (χ3n) is 6.49. The smallest absolute Gasteiger partial charge is 0.289 e. The number of amides is 1. The summed E-state index contributed by atoms with van der Waals surface area (Å²) < 4.78 is 41.2. The molecule has 178 valence electrons. The number of carbonyl (C=O) groups is 1. The van der Waals surface area contributed by atoms with Crippen molar-refractivity contribution in [2.75, 3.05) is 13.1 Å². The van der Waals surface area contributed by atoms with Gasteiger partial charge in [0.1, 0.15) is 10.7 Å². The van der Waals surface area contributed by atoms with E-state index >= 15 is 0 Å². The fourth-order valence-corrected chi connectivity index (χ4v) is 6.27. The number of nitrogens with one attached hydrogen (secondary N) is 1. The van der Waals surface area contributed by atoms with Gasteiger partial charge in [-0.2, -0.15) is 0 Å². The van der Waals surface area contributed by atoms with Gasteiger partial charge in [-0.3, -0.25) is 4.79 Å². The summed E-state index contributed by atoms with van der Waals surface area (Å²) >= 11 is 0. The maximum atomic E-state index is 13.5. The Balaban J connectivity index is 1.74. The van der Waals surface area contributed by atoms with E-state index in [-0.39, 0.29) is 28.2 Å². The van der Waals surface area contributed by atoms with E-state index in [4.69, 9.17) is 8.83 Å². The van der Waals surface area contributed by atoms with Crippen LogP contribution in [0.5, 0.6) is 0 Å². The van der Waals surface area contributed by atoms with E-state index in [0.29, 0.717) is 41.8 Å². The van der Waals surface area contributed by atoms with E-state index in [0.717, 1.165) is 31.2 Å². The summed E-state index contributed by atoms with van der Waals surface area (Å²) in [5.74, 6) is 0.774. The molecule has 0 aliphatic carbocycles. The molecule has 0 radical (unpaired) electrons. The van der Waals surface area contributed by atoms with Crippen LogP contribution in [-0.2, 0) is 16.4 Å². The summed E-state index contributed by atoms with van der Waals surface area (Å²) in [5.41, 5.74) is 2.37. The molecule has 4 rings (SSSR count). The molecule has 1 unspecified atom stereocenters. The van der Waals surface area contributed by atoms with Gasteiger partial charge in [-0.25, -0.2) is 13.1 Å². The summed E-state index contributed by atoms with van der Waals surface area (Å²) in [5, 5.41) is 0.662. The van der Waals surface area contributed by atoms with Gasteiger partial charge in [0, 0.05) is 36.5 Å². The molecule has 1 N–H and O–H groups in total. The van der Waals surface area contributed by atoms with Crippen molar-refractivity contribution < 1.29 is 22.0 Å². The average Bonchev–Trinajstić information content (AvgIpc) is 3.26. The fourth-order valence-electron chi connectivity index (χ4n) is 4.58. The summed E-state index contributed by atoms with van der Waals surface area (Å²) in [6.07, 6.45) is 6.17. The zero-order chi connectivity index (χ0) is 23.8. The topological polar surface area (TPSA) is 92.8 Å². The molecule has 0 spiro atoms. The van der Waals surface area contributed by atoms with Crippen LogP contribution in [0.2, 0.25) is 0 Å². The maximum Gasteiger partial charge on any atom is 0.289 e. The summed E-state index contributed by atoms with van der Waals surface area (Å²) in [6.45, 7) is 8.67. The summed E-state index contributed by atoms with van der Waals surface area (Å²) in [7, 11) is -3.91. The Labute approximate surface area is 195 Å². The van der Waals surface area contributed by atoms with Crippen molar-refractivity contribution in [1.82, 2.24) is 9.62 Å². The molecular weight excluding hydrogens is 440 g/mol. The first kappa shape index (κ1) is 23.6. The predicted molar refractivity (Wildman–Crippen MR) is 127 cm³/mol. The lowest BCUT2D eigenvalue weighted by Gasteiger charge is -2.19. The van der Waals surface area contributed by atoms with Gasteiger partial charge in [-0.1, -0.05) is 12.8 Å². The van der Waals surface area contributed by atoms with Gasteiger partial charge >= 0.3 is 0 Å². The molecule has 0 saturated carbocycles. The SMILES string of the molecule is Cc1cc2c(C)c(C(=O)N3CCCCCC3)oc2c(S(=O)(=O)NC(C)Cc2ccco2)c1C. The van der Waals surface area contributed by atoms with E-state index < -0.39 is 10.0 Å². The third-order valence-corrected chi connectivity index (χ3v) is 8.23. The monoisotopic (exact) mass is 472 g/mol. The van der Waals surface area contributed by atoms with Gasteiger partial charge in [0.15, 0.2) is 11.3 Å². The average molecular weight is 473 g/mol. The maximum absolute atomic E-state index is 13.5. The van der Waals surface area contributed by atoms with E-state index in [2.05, 4.69) is 4.72 Å². The Bertz CT molecular complexity index is 1250. The first-order valence-corrected chi connectivity index (χ1v) is 13.0. The highest BCUT2D eigenvalue weighted by Gasteiger charge is 2.30. The molecule has 1 aliphatic heterocycles. The molecule has 3 aromatic rings. The quantitative estimate of drug-likeness (QED) is 0.552. The molecule has 1 saturated heterocycles. The lowest BCUT2D eigenvalue weighted by molar-refractivity contribution is 0.0730. The number of sulfonamides is 1. The number of fused-ring (bicyclic) bond motifs is 1. The number of hydrogen-bond acceptors (Lipinski definition) is 5. The van der Waals surface area contributed by atoms with Crippen LogP contribution in [0.15, 0.2) is 38.2 Å². The van der Waals surface area contributed by atoms with Crippen LogP contribution >= 0.6 is 0 Å². The van der Waals surface area contributed by atoms with Crippen LogP contribution < -0.4 is 4.72 Å². The second-order valence-corrected chi connectivity index (χ2v) is 10.7. The van der Waals surface area contributed by atoms with Gasteiger partial charge in [0.2, 0.25) is 10.0 Å². The highest BCUT2D eigenvalue weighted by Crippen LogP contribution is 2.35. The van der Waals surface area contributed by atoms with Gasteiger partial charge in [0.25, 0.3) is 5.91 Å². The fraction of sp³-hybridized carbons (Fsp3) is 0.480. The zero-order valence-electron chi connectivity index (χ0n) is 19.7. The second-order valence-electron chi connectivity index (χ2n) is 9.09. The molecule has 1 atom stereocenters. The van der Waals surface area contributed by atoms with Crippen molar-refractivity contribution in [3.8, 4) is 0 Å². The minimum Gasteiger partial charge on any atom is -0.469 e. The van der Waals surface area contributed by atoms with E-state index in [1.165, 1.54) is 0 Å². The summed E-state index contributed by atoms with van der Waals surface area (Å²) in [4.78, 5) is 15.2. The minimum atomic E-state index is -3.91. The molecule has 7 nitrogen and oxygen atoms in total. The number of likely N-dealkylation sites (tertiary alicyclic amines) is 1. The van der Waals surface area contributed by atoms with E-state index in [1.54, 1.807) is 26.2 Å². The van der Waals surface area contributed by atoms with Crippen molar-refractivity contribution in [3.63, 3.8) is 0 Å². The molecular formula is C25H32N2O5S. The zero-order valence-corrected chi connectivity index (χ0v) is 20.5. The molecule has 3 heterocycles. The second kappa shape index (κ2) is 9.35. The molecule has 1 fully saturated rings. The van der Waals surface area contributed by atoms with Gasteiger partial charge in [-0.05, 0) is 69.9 Å². The lowest BCUT2D eigenvalue weighted by Crippen LogP contribution is -2.34. The number of rotatable bonds is 6. The number of aryl methyl sites for hydroxylation is 2. The molecule has 0 bridgehead atoms. The molecule has 8 heteroatoms. The Hall–Kier alpha value is -2.58. The third kappa shape index (κ3) is 4.73. The minimum absolute atomic E-state index is 0.0989. The Kier molecular flexibility index (Phi) is 6.68. The number of benzene rings is 1. The van der Waals surface area contributed by atoms with Crippen molar-refractivity contribution >= 4 is 26.9 Å². The predicted octanol–water partition coefficient (Wildman–Crippen LogP) is 4.88. The van der Waals surface area contributed by atoms with Crippen molar-refractivity contribution in [2.45, 2.75) is 70.7 Å². The largest absolute Gasteiger partial charge is 0.469 e. The first-order valence-electron chi connectivity index (χ1n) is 11.6. The Morgan fingerprint density at radius 1 is 1.12 bits per heavy atom. The van der Waals surface area contributed by atoms with Gasteiger partial charge in [-0.15, -0.1) is 0 Å². The van der Waals surface area contributed by atoms with E-state index in [1.807, 2.05) is 30.9 Å². The first-order chi connectivity index (χ1) is 15.7.